The number of hydrogen-bond donors (Lipinski definition) is 2. The predicted octanol–water partition coefficient (Wildman–Crippen LogP) is 1.11. The lowest BCUT2D eigenvalue weighted by Crippen LogP contribution is -2.37. The molecule has 1 amide bonds. The molecular formula is C13H19FN2O3S2. The van der Waals surface area contributed by atoms with Crippen molar-refractivity contribution in [3.05, 3.63) is 35.6 Å². The van der Waals surface area contributed by atoms with Crippen molar-refractivity contribution in [2.75, 3.05) is 18.6 Å². The van der Waals surface area contributed by atoms with E-state index in [1.54, 1.807) is 6.92 Å². The molecule has 0 aliphatic heterocycles. The normalized spacial score (nSPS) is 12.9. The van der Waals surface area contributed by atoms with Gasteiger partial charge >= 0.3 is 0 Å². The zero-order valence-corrected chi connectivity index (χ0v) is 13.6. The molecule has 0 aliphatic carbocycles. The van der Waals surface area contributed by atoms with E-state index in [1.165, 1.54) is 36.0 Å². The van der Waals surface area contributed by atoms with E-state index in [0.29, 0.717) is 5.56 Å². The minimum atomic E-state index is -3.48. The third-order valence-electron chi connectivity index (χ3n) is 2.80. The Labute approximate surface area is 128 Å². The van der Waals surface area contributed by atoms with Crippen LogP contribution in [0.25, 0.3) is 0 Å². The van der Waals surface area contributed by atoms with Crippen LogP contribution in [0.15, 0.2) is 24.3 Å². The summed E-state index contributed by atoms with van der Waals surface area (Å²) in [7, 11) is -3.48. The SMILES string of the molecule is CS[C@H](C)C(=O)NCCS(=O)(=O)NCc1ccc(F)cc1. The van der Waals surface area contributed by atoms with E-state index in [0.717, 1.165) is 0 Å². The summed E-state index contributed by atoms with van der Waals surface area (Å²) in [6.45, 7) is 1.90. The second-order valence-corrected chi connectivity index (χ2v) is 7.54. The molecule has 0 spiro atoms. The lowest BCUT2D eigenvalue weighted by atomic mass is 10.2. The van der Waals surface area contributed by atoms with Crippen LogP contribution in [0.2, 0.25) is 0 Å². The minimum absolute atomic E-state index is 0.0580. The molecule has 0 heterocycles. The maximum absolute atomic E-state index is 12.7. The largest absolute Gasteiger partial charge is 0.354 e. The van der Waals surface area contributed by atoms with Crippen LogP contribution in [0.4, 0.5) is 4.39 Å². The maximum atomic E-state index is 12.7. The Balaban J connectivity index is 2.37. The highest BCUT2D eigenvalue weighted by atomic mass is 32.2. The summed E-state index contributed by atoms with van der Waals surface area (Å²) in [5, 5.41) is 2.36. The molecule has 1 rings (SSSR count). The van der Waals surface area contributed by atoms with Crippen molar-refractivity contribution in [3.8, 4) is 0 Å². The Morgan fingerprint density at radius 3 is 2.52 bits per heavy atom. The summed E-state index contributed by atoms with van der Waals surface area (Å²) in [6.07, 6.45) is 1.81. The molecule has 1 aromatic rings. The molecule has 0 saturated carbocycles. The first-order chi connectivity index (χ1) is 9.84. The molecule has 1 aromatic carbocycles. The molecule has 21 heavy (non-hydrogen) atoms. The van der Waals surface area contributed by atoms with Crippen LogP contribution >= 0.6 is 11.8 Å². The minimum Gasteiger partial charge on any atom is -0.354 e. The number of carbonyl (C=O) groups is 1. The van der Waals surface area contributed by atoms with Gasteiger partial charge in [-0.25, -0.2) is 17.5 Å². The summed E-state index contributed by atoms with van der Waals surface area (Å²) in [4.78, 5) is 11.5. The van der Waals surface area contributed by atoms with E-state index in [2.05, 4.69) is 10.0 Å². The summed E-state index contributed by atoms with van der Waals surface area (Å²) in [5.74, 6) is -0.746. The quantitative estimate of drug-likeness (QED) is 0.747. The van der Waals surface area contributed by atoms with Crippen LogP contribution in [0.3, 0.4) is 0 Å². The number of nitrogens with one attached hydrogen (secondary N) is 2. The maximum Gasteiger partial charge on any atom is 0.232 e. The van der Waals surface area contributed by atoms with Gasteiger partial charge < -0.3 is 5.32 Å². The van der Waals surface area contributed by atoms with Crippen molar-refractivity contribution in [2.45, 2.75) is 18.7 Å². The third-order valence-corrected chi connectivity index (χ3v) is 5.05. The monoisotopic (exact) mass is 334 g/mol. The highest BCUT2D eigenvalue weighted by Crippen LogP contribution is 2.04. The van der Waals surface area contributed by atoms with Crippen molar-refractivity contribution in [1.29, 1.82) is 0 Å². The van der Waals surface area contributed by atoms with Gasteiger partial charge in [-0.3, -0.25) is 4.79 Å². The Hall–Kier alpha value is -1.12. The number of sulfonamides is 1. The summed E-state index contributed by atoms with van der Waals surface area (Å²) < 4.78 is 38.6. The van der Waals surface area contributed by atoms with Crippen LogP contribution in [0.1, 0.15) is 12.5 Å². The Morgan fingerprint density at radius 2 is 1.95 bits per heavy atom. The number of amides is 1. The fraction of sp³-hybridized carbons (Fsp3) is 0.462. The zero-order chi connectivity index (χ0) is 15.9. The molecule has 0 unspecified atom stereocenters. The molecule has 1 atom stereocenters. The molecule has 0 radical (unpaired) electrons. The predicted molar refractivity (Wildman–Crippen MR) is 83.0 cm³/mol. The van der Waals surface area contributed by atoms with E-state index >= 15 is 0 Å². The first-order valence-electron chi connectivity index (χ1n) is 6.36. The number of rotatable bonds is 8. The van der Waals surface area contributed by atoms with Crippen LogP contribution in [-0.4, -0.2) is 38.1 Å². The first kappa shape index (κ1) is 17.9. The number of hydrogen-bond acceptors (Lipinski definition) is 4. The van der Waals surface area contributed by atoms with E-state index in [-0.39, 0.29) is 35.8 Å². The third kappa shape index (κ3) is 6.92. The highest BCUT2D eigenvalue weighted by molar-refractivity contribution is 7.99. The lowest BCUT2D eigenvalue weighted by molar-refractivity contribution is -0.120. The van der Waals surface area contributed by atoms with Crippen LogP contribution < -0.4 is 10.0 Å². The van der Waals surface area contributed by atoms with Crippen molar-refractivity contribution >= 4 is 27.7 Å². The van der Waals surface area contributed by atoms with Crippen molar-refractivity contribution in [2.24, 2.45) is 0 Å². The Bertz CT molecular complexity index is 561. The molecule has 0 aliphatic rings. The van der Waals surface area contributed by atoms with Gasteiger partial charge in [-0.1, -0.05) is 12.1 Å². The second-order valence-electron chi connectivity index (χ2n) is 4.44. The number of halogens is 1. The fourth-order valence-corrected chi connectivity index (χ4v) is 2.63. The van der Waals surface area contributed by atoms with E-state index in [4.69, 9.17) is 0 Å². The smallest absolute Gasteiger partial charge is 0.232 e. The molecule has 5 nitrogen and oxygen atoms in total. The molecule has 8 heteroatoms. The van der Waals surface area contributed by atoms with Crippen molar-refractivity contribution < 1.29 is 17.6 Å². The summed E-state index contributed by atoms with van der Waals surface area (Å²) >= 11 is 1.39. The Morgan fingerprint density at radius 1 is 1.33 bits per heavy atom. The number of benzene rings is 1. The fourth-order valence-electron chi connectivity index (χ4n) is 1.43. The van der Waals surface area contributed by atoms with Gasteiger partial charge in [-0.2, -0.15) is 11.8 Å². The van der Waals surface area contributed by atoms with Gasteiger partial charge in [0.25, 0.3) is 0 Å². The molecule has 2 N–H and O–H groups in total. The van der Waals surface area contributed by atoms with Gasteiger partial charge in [0.1, 0.15) is 5.82 Å². The standard InChI is InChI=1S/C13H19FN2O3S2/c1-10(20-2)13(17)15-7-8-21(18,19)16-9-11-3-5-12(14)6-4-11/h3-6,10,16H,7-9H2,1-2H3,(H,15,17)/t10-/m1/s1. The average Bonchev–Trinajstić information content (AvgIpc) is 2.45. The van der Waals surface area contributed by atoms with Gasteiger partial charge in [-0.05, 0) is 30.9 Å². The van der Waals surface area contributed by atoms with Crippen LogP contribution in [-0.2, 0) is 21.4 Å². The lowest BCUT2D eigenvalue weighted by Gasteiger charge is -2.10. The van der Waals surface area contributed by atoms with E-state index in [9.17, 15) is 17.6 Å². The van der Waals surface area contributed by atoms with Gasteiger partial charge in [0.2, 0.25) is 15.9 Å². The van der Waals surface area contributed by atoms with Crippen molar-refractivity contribution in [1.82, 2.24) is 10.0 Å². The van der Waals surface area contributed by atoms with Crippen molar-refractivity contribution in [3.63, 3.8) is 0 Å². The van der Waals surface area contributed by atoms with Gasteiger partial charge in [0.05, 0.1) is 11.0 Å². The summed E-state index contributed by atoms with van der Waals surface area (Å²) in [5.41, 5.74) is 0.667. The first-order valence-corrected chi connectivity index (χ1v) is 9.30. The van der Waals surface area contributed by atoms with Crippen LogP contribution in [0.5, 0.6) is 0 Å². The molecule has 0 bridgehead atoms. The van der Waals surface area contributed by atoms with E-state index < -0.39 is 10.0 Å². The molecule has 0 fully saturated rings. The highest BCUT2D eigenvalue weighted by Gasteiger charge is 2.13. The number of carbonyl (C=O) groups excluding carboxylic acids is 1. The zero-order valence-electron chi connectivity index (χ0n) is 11.9. The molecular weight excluding hydrogens is 315 g/mol. The van der Waals surface area contributed by atoms with Crippen LogP contribution in [0, 0.1) is 5.82 Å². The van der Waals surface area contributed by atoms with Gasteiger partial charge in [0, 0.05) is 13.1 Å². The molecule has 0 saturated heterocycles. The van der Waals surface area contributed by atoms with E-state index in [1.807, 2.05) is 6.26 Å². The number of thioether (sulfide) groups is 1. The topological polar surface area (TPSA) is 75.3 Å². The van der Waals surface area contributed by atoms with Gasteiger partial charge in [-0.15, -0.1) is 0 Å². The summed E-state index contributed by atoms with van der Waals surface area (Å²) in [6, 6.07) is 5.57. The average molecular weight is 334 g/mol. The molecule has 0 aromatic heterocycles. The van der Waals surface area contributed by atoms with Gasteiger partial charge in [0.15, 0.2) is 0 Å². The Kier molecular flexibility index (Phi) is 7.13. The second kappa shape index (κ2) is 8.35. The molecule has 118 valence electrons.